The number of nitrogens with zero attached hydrogens (tertiary/aromatic N) is 2. The minimum Gasteiger partial charge on any atom is -0.504 e. The molecule has 0 aromatic heterocycles. The molecule has 2 aliphatic carbocycles. The average Bonchev–Trinajstić information content (AvgIpc) is 3.53. The lowest BCUT2D eigenvalue weighted by Crippen LogP contribution is -2.49. The number of amides is 4. The number of allylic oxidation sites excluding steroid dienone is 2. The maximum absolute atomic E-state index is 14.7. The minimum absolute atomic E-state index is 0.0687. The van der Waals surface area contributed by atoms with Crippen LogP contribution in [0.2, 0.25) is 5.02 Å². The molecule has 3 fully saturated rings. The van der Waals surface area contributed by atoms with E-state index in [2.05, 4.69) is 15.9 Å². The lowest BCUT2D eigenvalue weighted by Gasteiger charge is -2.49. The summed E-state index contributed by atoms with van der Waals surface area (Å²) < 4.78 is 20.2. The number of hydrogen-bond donors (Lipinski definition) is 1. The van der Waals surface area contributed by atoms with Crippen LogP contribution in [0.3, 0.4) is 0 Å². The van der Waals surface area contributed by atoms with E-state index in [1.807, 2.05) is 12.1 Å². The second-order valence-electron chi connectivity index (χ2n) is 14.1. The van der Waals surface area contributed by atoms with E-state index in [1.54, 1.807) is 67.6 Å². The Kier molecular flexibility index (Phi) is 8.42. The third-order valence-electron chi connectivity index (χ3n) is 11.5. The van der Waals surface area contributed by atoms with Crippen molar-refractivity contribution >= 4 is 68.3 Å². The first-order chi connectivity index (χ1) is 25.4. The SMILES string of the molecule is COc1cc(Br)cc(C2C3=CCC4C(=O)N(c5ccc(C(=O)c6ccccc6)cc5)C(=O)C4C3CC3C(=O)N(c4ccc(F)c(Cl)c4)C(=O)C32C)c1O. The molecular weight excluding hydrogens is 767 g/mol. The first-order valence-corrected chi connectivity index (χ1v) is 18.2. The summed E-state index contributed by atoms with van der Waals surface area (Å²) in [4.78, 5) is 72.9. The highest BCUT2D eigenvalue weighted by Gasteiger charge is 2.68. The van der Waals surface area contributed by atoms with Crippen LogP contribution in [-0.2, 0) is 19.2 Å². The molecule has 4 aliphatic rings. The number of aromatic hydroxyl groups is 1. The van der Waals surface area contributed by atoms with Crippen molar-refractivity contribution in [2.24, 2.45) is 29.1 Å². The molecule has 6 unspecified atom stereocenters. The lowest BCUT2D eigenvalue weighted by atomic mass is 9.51. The Hall–Kier alpha value is -5.13. The van der Waals surface area contributed by atoms with Crippen LogP contribution in [0.15, 0.2) is 101 Å². The molecule has 1 saturated carbocycles. The highest BCUT2D eigenvalue weighted by molar-refractivity contribution is 9.10. The molecule has 9 nitrogen and oxygen atoms in total. The van der Waals surface area contributed by atoms with Gasteiger partial charge in [-0.1, -0.05) is 69.5 Å². The van der Waals surface area contributed by atoms with E-state index in [0.717, 1.165) is 15.9 Å². The molecule has 1 N–H and O–H groups in total. The lowest BCUT2D eigenvalue weighted by molar-refractivity contribution is -0.131. The highest BCUT2D eigenvalue weighted by Crippen LogP contribution is 2.65. The van der Waals surface area contributed by atoms with E-state index in [-0.39, 0.29) is 40.8 Å². The minimum atomic E-state index is -1.47. The predicted molar refractivity (Wildman–Crippen MR) is 197 cm³/mol. The molecule has 4 aromatic rings. The van der Waals surface area contributed by atoms with Crippen molar-refractivity contribution in [3.05, 3.63) is 129 Å². The monoisotopic (exact) mass is 796 g/mol. The summed E-state index contributed by atoms with van der Waals surface area (Å²) in [7, 11) is 1.40. The summed E-state index contributed by atoms with van der Waals surface area (Å²) in [5.74, 6) is -7.15. The fourth-order valence-electron chi connectivity index (χ4n) is 8.97. The summed E-state index contributed by atoms with van der Waals surface area (Å²) in [6, 6.07) is 22.0. The van der Waals surface area contributed by atoms with Crippen molar-refractivity contribution in [1.82, 2.24) is 0 Å². The normalized spacial score (nSPS) is 26.3. The predicted octanol–water partition coefficient (Wildman–Crippen LogP) is 7.62. The first kappa shape index (κ1) is 34.9. The molecular formula is C41H31BrClFN2O7. The fraction of sp³-hybridized carbons (Fsp3) is 0.244. The number of methoxy groups -OCH3 is 1. The average molecular weight is 798 g/mol. The summed E-state index contributed by atoms with van der Waals surface area (Å²) in [6.07, 6.45) is 2.13. The number of halogens is 3. The first-order valence-electron chi connectivity index (χ1n) is 17.0. The topological polar surface area (TPSA) is 121 Å². The van der Waals surface area contributed by atoms with E-state index < -0.39 is 64.5 Å². The van der Waals surface area contributed by atoms with Gasteiger partial charge in [0.15, 0.2) is 17.3 Å². The van der Waals surface area contributed by atoms with Crippen LogP contribution in [0.1, 0.15) is 47.2 Å². The Morgan fingerprint density at radius 2 is 1.57 bits per heavy atom. The Labute approximate surface area is 317 Å². The number of anilines is 2. The second kappa shape index (κ2) is 12.8. The van der Waals surface area contributed by atoms with Gasteiger partial charge >= 0.3 is 0 Å². The third-order valence-corrected chi connectivity index (χ3v) is 12.2. The Balaban J connectivity index is 1.21. The van der Waals surface area contributed by atoms with E-state index >= 15 is 0 Å². The van der Waals surface area contributed by atoms with Gasteiger partial charge in [-0.3, -0.25) is 28.9 Å². The molecule has 268 valence electrons. The number of rotatable bonds is 6. The number of ketones is 1. The van der Waals surface area contributed by atoms with Crippen molar-refractivity contribution in [2.45, 2.75) is 25.7 Å². The number of hydrogen-bond acceptors (Lipinski definition) is 7. The number of carbonyl (C=O) groups excluding carboxylic acids is 5. The molecule has 4 aromatic carbocycles. The van der Waals surface area contributed by atoms with Crippen LogP contribution in [0, 0.1) is 34.9 Å². The van der Waals surface area contributed by atoms with E-state index in [9.17, 15) is 33.5 Å². The highest BCUT2D eigenvalue weighted by atomic mass is 79.9. The van der Waals surface area contributed by atoms with Crippen LogP contribution in [0.5, 0.6) is 11.5 Å². The molecule has 0 spiro atoms. The largest absolute Gasteiger partial charge is 0.504 e. The standard InChI is InChI=1S/C41H31BrClFN2O7/c1-41-29(38(50)46(40(41)52)24-12-15-31(44)30(43)18-24)19-27-25(34(41)28-16-22(42)17-32(53-2)36(28)48)13-14-26-33(27)39(51)45(37(26)49)23-10-8-21(9-11-23)35(47)20-6-4-3-5-7-20/h3-13,15-18,26-27,29,33-34,48H,14,19H2,1-2H3. The second-order valence-corrected chi connectivity index (χ2v) is 15.4. The molecule has 0 radical (unpaired) electrons. The van der Waals surface area contributed by atoms with Crippen molar-refractivity contribution in [1.29, 1.82) is 0 Å². The Morgan fingerprint density at radius 1 is 0.887 bits per heavy atom. The summed E-state index contributed by atoms with van der Waals surface area (Å²) in [5, 5.41) is 11.3. The molecule has 2 saturated heterocycles. The Bertz CT molecular complexity index is 2300. The van der Waals surface area contributed by atoms with Crippen molar-refractivity contribution in [2.75, 3.05) is 16.9 Å². The summed E-state index contributed by atoms with van der Waals surface area (Å²) in [5.41, 5.74) is 0.821. The molecule has 2 aliphatic heterocycles. The van der Waals surface area contributed by atoms with E-state index in [0.29, 0.717) is 32.4 Å². The third kappa shape index (κ3) is 5.19. The molecule has 12 heteroatoms. The van der Waals surface area contributed by atoms with Gasteiger partial charge in [-0.25, -0.2) is 9.29 Å². The van der Waals surface area contributed by atoms with Crippen LogP contribution in [0.25, 0.3) is 0 Å². The zero-order valence-electron chi connectivity index (χ0n) is 28.4. The quantitative estimate of drug-likeness (QED) is 0.121. The number of fused-ring (bicyclic) bond motifs is 4. The van der Waals surface area contributed by atoms with Crippen LogP contribution in [0.4, 0.5) is 15.8 Å². The van der Waals surface area contributed by atoms with Gasteiger partial charge in [-0.15, -0.1) is 0 Å². The Morgan fingerprint density at radius 3 is 2.25 bits per heavy atom. The van der Waals surface area contributed by atoms with Crippen LogP contribution < -0.4 is 14.5 Å². The maximum atomic E-state index is 14.7. The van der Waals surface area contributed by atoms with Crippen molar-refractivity contribution in [3.8, 4) is 11.5 Å². The van der Waals surface area contributed by atoms with Crippen LogP contribution in [-0.4, -0.2) is 41.6 Å². The smallest absolute Gasteiger partial charge is 0.241 e. The summed E-state index contributed by atoms with van der Waals surface area (Å²) in [6.45, 7) is 1.68. The van der Waals surface area contributed by atoms with Gasteiger partial charge in [0.05, 0.1) is 46.7 Å². The molecule has 4 amide bonds. The number of ether oxygens (including phenoxy) is 1. The van der Waals surface area contributed by atoms with Crippen molar-refractivity contribution < 1.29 is 38.2 Å². The molecule has 6 atom stereocenters. The molecule has 53 heavy (non-hydrogen) atoms. The maximum Gasteiger partial charge on any atom is 0.241 e. The number of phenolic OH excluding ortho intramolecular Hbond substituents is 1. The van der Waals surface area contributed by atoms with E-state index in [1.165, 1.54) is 19.2 Å². The van der Waals surface area contributed by atoms with Gasteiger partial charge in [0.1, 0.15) is 5.82 Å². The van der Waals surface area contributed by atoms with Gasteiger partial charge in [0.2, 0.25) is 23.6 Å². The van der Waals surface area contributed by atoms with Gasteiger partial charge in [-0.2, -0.15) is 0 Å². The molecule has 8 rings (SSSR count). The van der Waals surface area contributed by atoms with Gasteiger partial charge in [0.25, 0.3) is 0 Å². The van der Waals surface area contributed by atoms with Crippen molar-refractivity contribution in [3.63, 3.8) is 0 Å². The van der Waals surface area contributed by atoms with Crippen LogP contribution >= 0.6 is 27.5 Å². The van der Waals surface area contributed by atoms with Gasteiger partial charge < -0.3 is 9.84 Å². The molecule has 0 bridgehead atoms. The molecule has 2 heterocycles. The van der Waals surface area contributed by atoms with E-state index in [4.69, 9.17) is 16.3 Å². The van der Waals surface area contributed by atoms with Gasteiger partial charge in [0, 0.05) is 27.1 Å². The number of benzene rings is 4. The number of carbonyl (C=O) groups is 5. The zero-order valence-corrected chi connectivity index (χ0v) is 30.7. The van der Waals surface area contributed by atoms with Gasteiger partial charge in [-0.05, 0) is 80.3 Å². The zero-order chi connectivity index (χ0) is 37.5. The summed E-state index contributed by atoms with van der Waals surface area (Å²) >= 11 is 9.60. The fourth-order valence-corrected chi connectivity index (χ4v) is 9.60. The number of imide groups is 2. The number of phenols is 1.